The SMILES string of the molecule is O=C(N[C@H]1CCCCC/C=C\[C@@H]2C[C@@]2(C(=O)O)NC(=O)[C@@H]2C[C@@H](OC(=O)N3Cc4cccc(F)c4C3)CN2C1=O)OC1CCCC1. The Morgan fingerprint density at radius 2 is 1.78 bits per heavy atom. The number of allylic oxidation sites excluding steroid dienone is 1. The molecule has 3 aliphatic heterocycles. The molecule has 0 unspecified atom stereocenters. The standard InChI is InChI=1S/C33H41FN4O8/c34-25-13-8-9-20-17-37(19-24(20)25)32(44)46-23-15-27-28(39)36-33(30(41)42)16-21(33)10-4-2-1-3-5-14-26(29(40)38(27)18-23)35-31(43)45-22-11-6-7-12-22/h4,8-10,13,21-23,26-27H,1-3,5-7,11-12,14-19H2,(H,35,43)(H,36,39)(H,41,42)/b10-4-/t21-,23-,26+,27+,33-/m1/s1. The number of hydrogen-bond donors (Lipinski definition) is 3. The Morgan fingerprint density at radius 1 is 1.00 bits per heavy atom. The largest absolute Gasteiger partial charge is 0.479 e. The summed E-state index contributed by atoms with van der Waals surface area (Å²) in [5.74, 6) is -3.14. The van der Waals surface area contributed by atoms with E-state index >= 15 is 0 Å². The summed E-state index contributed by atoms with van der Waals surface area (Å²) in [6.07, 6.45) is 8.17. The van der Waals surface area contributed by atoms with Gasteiger partial charge in [0, 0.05) is 24.4 Å². The summed E-state index contributed by atoms with van der Waals surface area (Å²) in [5, 5.41) is 15.5. The highest BCUT2D eigenvalue weighted by Crippen LogP contribution is 2.45. The molecule has 5 atom stereocenters. The first-order chi connectivity index (χ1) is 22.1. The fraction of sp³-hybridized carbons (Fsp3) is 0.606. The second-order valence-corrected chi connectivity index (χ2v) is 13.1. The molecule has 3 fully saturated rings. The number of aliphatic carboxylic acids is 1. The molecule has 4 amide bonds. The second kappa shape index (κ2) is 13.3. The molecule has 5 aliphatic rings. The van der Waals surface area contributed by atoms with E-state index in [1.165, 1.54) is 15.9 Å². The van der Waals surface area contributed by atoms with E-state index in [1.54, 1.807) is 12.1 Å². The Labute approximate surface area is 266 Å². The van der Waals surface area contributed by atoms with Gasteiger partial charge in [-0.1, -0.05) is 37.1 Å². The third kappa shape index (κ3) is 6.68. The van der Waals surface area contributed by atoms with Gasteiger partial charge in [0.1, 0.15) is 35.6 Å². The number of carbonyl (C=O) groups is 5. The lowest BCUT2D eigenvalue weighted by atomic mass is 10.0. The summed E-state index contributed by atoms with van der Waals surface area (Å²) in [5.41, 5.74) is -0.389. The number of nitrogens with zero attached hydrogens (tertiary/aromatic N) is 2. The number of alkyl carbamates (subject to hydrolysis) is 1. The van der Waals surface area contributed by atoms with Crippen LogP contribution in [0.5, 0.6) is 0 Å². The molecular formula is C33H41FN4O8. The highest BCUT2D eigenvalue weighted by Gasteiger charge is 2.61. The quantitative estimate of drug-likeness (QED) is 0.421. The third-order valence-electron chi connectivity index (χ3n) is 9.94. The summed E-state index contributed by atoms with van der Waals surface area (Å²) in [7, 11) is 0. The molecule has 0 radical (unpaired) electrons. The summed E-state index contributed by atoms with van der Waals surface area (Å²) in [6, 6.07) is 2.52. The van der Waals surface area contributed by atoms with Crippen LogP contribution in [0.15, 0.2) is 30.4 Å². The van der Waals surface area contributed by atoms with Crippen molar-refractivity contribution in [1.29, 1.82) is 0 Å². The maximum Gasteiger partial charge on any atom is 0.410 e. The van der Waals surface area contributed by atoms with Crippen molar-refractivity contribution in [2.24, 2.45) is 5.92 Å². The van der Waals surface area contributed by atoms with Gasteiger partial charge in [-0.2, -0.15) is 0 Å². The van der Waals surface area contributed by atoms with Gasteiger partial charge in [-0.05, 0) is 63.0 Å². The smallest absolute Gasteiger partial charge is 0.410 e. The van der Waals surface area contributed by atoms with Gasteiger partial charge in [0.2, 0.25) is 11.8 Å². The first kappa shape index (κ1) is 31.8. The molecule has 2 saturated carbocycles. The second-order valence-electron chi connectivity index (χ2n) is 13.1. The van der Waals surface area contributed by atoms with Crippen LogP contribution in [-0.4, -0.2) is 81.3 Å². The minimum atomic E-state index is -1.48. The topological polar surface area (TPSA) is 155 Å². The van der Waals surface area contributed by atoms with E-state index in [0.29, 0.717) is 24.0 Å². The van der Waals surface area contributed by atoms with E-state index in [1.807, 2.05) is 12.2 Å². The van der Waals surface area contributed by atoms with Crippen molar-refractivity contribution in [3.05, 3.63) is 47.3 Å². The molecule has 2 aliphatic carbocycles. The van der Waals surface area contributed by atoms with Gasteiger partial charge in [-0.3, -0.25) is 14.5 Å². The van der Waals surface area contributed by atoms with Crippen molar-refractivity contribution in [2.75, 3.05) is 6.54 Å². The van der Waals surface area contributed by atoms with Gasteiger partial charge in [0.15, 0.2) is 0 Å². The summed E-state index contributed by atoms with van der Waals surface area (Å²) < 4.78 is 25.6. The Kier molecular flexibility index (Phi) is 9.19. The van der Waals surface area contributed by atoms with Crippen LogP contribution < -0.4 is 10.6 Å². The number of fused-ring (bicyclic) bond motifs is 3. The Bertz CT molecular complexity index is 1410. The van der Waals surface area contributed by atoms with Crippen LogP contribution in [0.4, 0.5) is 14.0 Å². The lowest BCUT2D eigenvalue weighted by molar-refractivity contribution is -0.145. The van der Waals surface area contributed by atoms with Crippen LogP contribution in [0.3, 0.4) is 0 Å². The van der Waals surface area contributed by atoms with Crippen LogP contribution in [-0.2, 0) is 36.9 Å². The molecule has 3 N–H and O–H groups in total. The maximum absolute atomic E-state index is 14.3. The minimum absolute atomic E-state index is 0.0330. The summed E-state index contributed by atoms with van der Waals surface area (Å²) in [4.78, 5) is 68.9. The van der Waals surface area contributed by atoms with E-state index in [4.69, 9.17) is 9.47 Å². The van der Waals surface area contributed by atoms with E-state index < -0.39 is 59.5 Å². The van der Waals surface area contributed by atoms with Crippen LogP contribution in [0.2, 0.25) is 0 Å². The number of nitrogens with one attached hydrogen (secondary N) is 2. The van der Waals surface area contributed by atoms with Crippen LogP contribution in [0, 0.1) is 11.7 Å². The highest BCUT2D eigenvalue weighted by molar-refractivity contribution is 5.96. The van der Waals surface area contributed by atoms with Gasteiger partial charge in [-0.15, -0.1) is 0 Å². The molecular weight excluding hydrogens is 599 g/mol. The molecule has 1 aromatic rings. The van der Waals surface area contributed by atoms with Gasteiger partial charge in [0.05, 0.1) is 13.1 Å². The zero-order valence-electron chi connectivity index (χ0n) is 25.8. The number of carboxylic acid groups (broad SMARTS) is 1. The monoisotopic (exact) mass is 640 g/mol. The number of ether oxygens (including phenoxy) is 2. The van der Waals surface area contributed by atoms with Crippen molar-refractivity contribution in [3.63, 3.8) is 0 Å². The summed E-state index contributed by atoms with van der Waals surface area (Å²) >= 11 is 0. The van der Waals surface area contributed by atoms with Crippen LogP contribution in [0.25, 0.3) is 0 Å². The summed E-state index contributed by atoms with van der Waals surface area (Å²) in [6.45, 7) is 0.0681. The van der Waals surface area contributed by atoms with Gasteiger partial charge < -0.3 is 30.1 Å². The van der Waals surface area contributed by atoms with Crippen molar-refractivity contribution >= 4 is 30.0 Å². The number of carbonyl (C=O) groups excluding carboxylic acids is 4. The first-order valence-electron chi connectivity index (χ1n) is 16.4. The van der Waals surface area contributed by atoms with Gasteiger partial charge in [0.25, 0.3) is 0 Å². The lowest BCUT2D eigenvalue weighted by Gasteiger charge is -2.29. The van der Waals surface area contributed by atoms with E-state index in [-0.39, 0.29) is 44.5 Å². The normalized spacial score (nSPS) is 30.6. The molecule has 6 rings (SSSR count). The number of carboxylic acids is 1. The zero-order chi connectivity index (χ0) is 32.4. The van der Waals surface area contributed by atoms with Crippen molar-refractivity contribution in [1.82, 2.24) is 20.4 Å². The predicted octanol–water partition coefficient (Wildman–Crippen LogP) is 3.76. The van der Waals surface area contributed by atoms with Crippen molar-refractivity contribution in [2.45, 2.75) is 114 Å². The Balaban J connectivity index is 1.21. The number of benzene rings is 1. The zero-order valence-corrected chi connectivity index (χ0v) is 25.8. The minimum Gasteiger partial charge on any atom is -0.479 e. The Morgan fingerprint density at radius 3 is 2.54 bits per heavy atom. The number of hydrogen-bond acceptors (Lipinski definition) is 7. The lowest BCUT2D eigenvalue weighted by Crippen LogP contribution is -2.56. The molecule has 1 saturated heterocycles. The number of amides is 4. The van der Waals surface area contributed by atoms with Gasteiger partial charge in [-0.25, -0.2) is 18.8 Å². The molecule has 3 heterocycles. The maximum atomic E-state index is 14.3. The fourth-order valence-corrected chi connectivity index (χ4v) is 7.21. The van der Waals surface area contributed by atoms with Crippen molar-refractivity contribution in [3.8, 4) is 0 Å². The van der Waals surface area contributed by atoms with E-state index in [2.05, 4.69) is 10.6 Å². The third-order valence-corrected chi connectivity index (χ3v) is 9.94. The molecule has 46 heavy (non-hydrogen) atoms. The van der Waals surface area contributed by atoms with E-state index in [0.717, 1.165) is 44.9 Å². The molecule has 1 aromatic carbocycles. The predicted molar refractivity (Wildman–Crippen MR) is 161 cm³/mol. The Hall–Kier alpha value is -4.16. The number of rotatable bonds is 4. The molecule has 12 nitrogen and oxygen atoms in total. The van der Waals surface area contributed by atoms with E-state index in [9.17, 15) is 33.5 Å². The molecule has 248 valence electrons. The van der Waals surface area contributed by atoms with Gasteiger partial charge >= 0.3 is 18.2 Å². The fourth-order valence-electron chi connectivity index (χ4n) is 7.21. The molecule has 0 spiro atoms. The average molecular weight is 641 g/mol. The number of halogens is 1. The molecule has 0 aromatic heterocycles. The molecule has 13 heteroatoms. The average Bonchev–Trinajstić information content (AvgIpc) is 3.45. The highest BCUT2D eigenvalue weighted by atomic mass is 19.1. The first-order valence-corrected chi connectivity index (χ1v) is 16.4. The van der Waals surface area contributed by atoms with Crippen LogP contribution in [0.1, 0.15) is 81.8 Å². The van der Waals surface area contributed by atoms with Crippen LogP contribution >= 0.6 is 0 Å². The van der Waals surface area contributed by atoms with Crippen molar-refractivity contribution < 1.29 is 42.9 Å². The molecule has 0 bridgehead atoms.